The summed E-state index contributed by atoms with van der Waals surface area (Å²) in [4.78, 5) is 12.2. The van der Waals surface area contributed by atoms with Crippen molar-refractivity contribution in [3.8, 4) is 0 Å². The molecule has 1 N–H and O–H groups in total. The van der Waals surface area contributed by atoms with E-state index in [1.807, 2.05) is 12.1 Å². The van der Waals surface area contributed by atoms with Crippen molar-refractivity contribution in [2.75, 3.05) is 5.32 Å². The van der Waals surface area contributed by atoms with Crippen LogP contribution in [0.3, 0.4) is 0 Å². The lowest BCUT2D eigenvalue weighted by Crippen LogP contribution is -2.25. The molecule has 1 amide bonds. The summed E-state index contributed by atoms with van der Waals surface area (Å²) in [6.45, 7) is 2.31. The van der Waals surface area contributed by atoms with Gasteiger partial charge in [-0.1, -0.05) is 35.7 Å². The molecular formula is C15H18BrNO. The molecule has 2 aliphatic rings. The summed E-state index contributed by atoms with van der Waals surface area (Å²) in [5.41, 5.74) is 2.19. The topological polar surface area (TPSA) is 29.1 Å². The maximum absolute atomic E-state index is 12.2. The van der Waals surface area contributed by atoms with E-state index in [-0.39, 0.29) is 11.8 Å². The first-order valence-corrected chi connectivity index (χ1v) is 7.55. The Morgan fingerprint density at radius 1 is 1.33 bits per heavy atom. The molecule has 3 atom stereocenters. The standard InChI is InChI=1S/C15H18BrNO/c1-9-3-2-4-10(7-9)14-12-8-11(16)5-6-13(12)17-15(14)18/h5-6,8-10,14H,2-4,7H2,1H3,(H,17,18). The summed E-state index contributed by atoms with van der Waals surface area (Å²) < 4.78 is 1.06. The molecule has 1 aromatic carbocycles. The monoisotopic (exact) mass is 307 g/mol. The minimum atomic E-state index is 0.0697. The first-order chi connectivity index (χ1) is 8.65. The van der Waals surface area contributed by atoms with E-state index in [1.165, 1.54) is 31.2 Å². The molecule has 0 radical (unpaired) electrons. The molecule has 3 unspecified atom stereocenters. The van der Waals surface area contributed by atoms with Crippen molar-refractivity contribution in [3.05, 3.63) is 28.2 Å². The second-order valence-corrected chi connectivity index (χ2v) is 6.65. The van der Waals surface area contributed by atoms with Crippen LogP contribution in [0.1, 0.15) is 44.1 Å². The van der Waals surface area contributed by atoms with Crippen molar-refractivity contribution >= 4 is 27.5 Å². The molecule has 0 aromatic heterocycles. The SMILES string of the molecule is CC1CCCC(C2C(=O)Nc3ccc(Br)cc32)C1. The van der Waals surface area contributed by atoms with Gasteiger partial charge in [0.1, 0.15) is 0 Å². The lowest BCUT2D eigenvalue weighted by molar-refractivity contribution is -0.118. The van der Waals surface area contributed by atoms with Crippen LogP contribution in [0.15, 0.2) is 22.7 Å². The number of anilines is 1. The first kappa shape index (κ1) is 12.2. The fourth-order valence-electron chi connectivity index (χ4n) is 3.51. The van der Waals surface area contributed by atoms with E-state index in [0.717, 1.165) is 16.1 Å². The lowest BCUT2D eigenvalue weighted by Gasteiger charge is -2.30. The minimum Gasteiger partial charge on any atom is -0.325 e. The number of benzene rings is 1. The highest BCUT2D eigenvalue weighted by molar-refractivity contribution is 9.10. The Labute approximate surface area is 116 Å². The van der Waals surface area contributed by atoms with Crippen LogP contribution in [0.2, 0.25) is 0 Å². The van der Waals surface area contributed by atoms with Gasteiger partial charge in [0.15, 0.2) is 0 Å². The predicted molar refractivity (Wildman–Crippen MR) is 76.6 cm³/mol. The van der Waals surface area contributed by atoms with Crippen molar-refractivity contribution < 1.29 is 4.79 Å². The van der Waals surface area contributed by atoms with Crippen molar-refractivity contribution in [2.45, 2.75) is 38.5 Å². The van der Waals surface area contributed by atoms with E-state index in [4.69, 9.17) is 0 Å². The number of amides is 1. The quantitative estimate of drug-likeness (QED) is 0.823. The summed E-state index contributed by atoms with van der Waals surface area (Å²) in [5, 5.41) is 3.03. The van der Waals surface area contributed by atoms with E-state index in [0.29, 0.717) is 5.92 Å². The van der Waals surface area contributed by atoms with Crippen LogP contribution in [0.25, 0.3) is 0 Å². The summed E-state index contributed by atoms with van der Waals surface area (Å²) >= 11 is 3.51. The third kappa shape index (κ3) is 2.09. The number of hydrogen-bond donors (Lipinski definition) is 1. The van der Waals surface area contributed by atoms with E-state index >= 15 is 0 Å². The van der Waals surface area contributed by atoms with Crippen LogP contribution in [0.5, 0.6) is 0 Å². The second-order valence-electron chi connectivity index (χ2n) is 5.73. The summed E-state index contributed by atoms with van der Waals surface area (Å²) in [6, 6.07) is 6.10. The Hall–Kier alpha value is -0.830. The Morgan fingerprint density at radius 3 is 2.94 bits per heavy atom. The minimum absolute atomic E-state index is 0.0697. The molecule has 1 fully saturated rings. The van der Waals surface area contributed by atoms with Crippen LogP contribution in [-0.4, -0.2) is 5.91 Å². The number of hydrogen-bond acceptors (Lipinski definition) is 1. The van der Waals surface area contributed by atoms with Crippen molar-refractivity contribution in [3.63, 3.8) is 0 Å². The molecule has 0 saturated heterocycles. The Kier molecular flexibility index (Phi) is 3.18. The van der Waals surface area contributed by atoms with Gasteiger partial charge in [-0.3, -0.25) is 4.79 Å². The Bertz CT molecular complexity index is 485. The van der Waals surface area contributed by atoms with E-state index in [9.17, 15) is 4.79 Å². The van der Waals surface area contributed by atoms with Gasteiger partial charge < -0.3 is 5.32 Å². The third-order valence-electron chi connectivity index (χ3n) is 4.34. The molecule has 18 heavy (non-hydrogen) atoms. The zero-order chi connectivity index (χ0) is 12.7. The number of carbonyl (C=O) groups is 1. The highest BCUT2D eigenvalue weighted by Gasteiger charge is 2.38. The van der Waals surface area contributed by atoms with Crippen molar-refractivity contribution in [1.29, 1.82) is 0 Å². The number of halogens is 1. The van der Waals surface area contributed by atoms with Gasteiger partial charge in [0, 0.05) is 10.2 Å². The van der Waals surface area contributed by atoms with Gasteiger partial charge in [-0.15, -0.1) is 0 Å². The predicted octanol–water partition coefficient (Wildman–Crippen LogP) is 4.31. The molecule has 2 nitrogen and oxygen atoms in total. The van der Waals surface area contributed by atoms with Crippen LogP contribution < -0.4 is 5.32 Å². The van der Waals surface area contributed by atoms with Gasteiger partial charge in [-0.25, -0.2) is 0 Å². The van der Waals surface area contributed by atoms with Crippen molar-refractivity contribution in [1.82, 2.24) is 0 Å². The van der Waals surface area contributed by atoms with Gasteiger partial charge in [0.2, 0.25) is 5.91 Å². The third-order valence-corrected chi connectivity index (χ3v) is 4.83. The molecule has 1 saturated carbocycles. The average molecular weight is 308 g/mol. The zero-order valence-corrected chi connectivity index (χ0v) is 12.2. The Balaban J connectivity index is 1.93. The number of nitrogens with one attached hydrogen (secondary N) is 1. The summed E-state index contributed by atoms with van der Waals surface area (Å²) in [6.07, 6.45) is 4.95. The number of fused-ring (bicyclic) bond motifs is 1. The van der Waals surface area contributed by atoms with E-state index in [1.54, 1.807) is 0 Å². The largest absolute Gasteiger partial charge is 0.325 e. The zero-order valence-electron chi connectivity index (χ0n) is 10.6. The van der Waals surface area contributed by atoms with Gasteiger partial charge in [-0.2, -0.15) is 0 Å². The molecular weight excluding hydrogens is 290 g/mol. The van der Waals surface area contributed by atoms with E-state index < -0.39 is 0 Å². The van der Waals surface area contributed by atoms with Crippen molar-refractivity contribution in [2.24, 2.45) is 11.8 Å². The maximum Gasteiger partial charge on any atom is 0.232 e. The average Bonchev–Trinajstić information content (AvgIpc) is 2.64. The number of carbonyl (C=O) groups excluding carboxylic acids is 1. The molecule has 0 bridgehead atoms. The lowest BCUT2D eigenvalue weighted by atomic mass is 9.74. The summed E-state index contributed by atoms with van der Waals surface area (Å²) in [7, 11) is 0. The highest BCUT2D eigenvalue weighted by Crippen LogP contribution is 2.45. The molecule has 96 valence electrons. The van der Waals surface area contributed by atoms with Gasteiger partial charge in [-0.05, 0) is 48.4 Å². The molecule has 1 aliphatic carbocycles. The van der Waals surface area contributed by atoms with E-state index in [2.05, 4.69) is 34.2 Å². The second kappa shape index (κ2) is 4.69. The number of rotatable bonds is 1. The van der Waals surface area contributed by atoms with Crippen LogP contribution in [0.4, 0.5) is 5.69 Å². The van der Waals surface area contributed by atoms with Gasteiger partial charge >= 0.3 is 0 Å². The van der Waals surface area contributed by atoms with Crippen LogP contribution in [0, 0.1) is 11.8 Å². The van der Waals surface area contributed by atoms with Crippen LogP contribution in [-0.2, 0) is 4.79 Å². The molecule has 1 aromatic rings. The maximum atomic E-state index is 12.2. The summed E-state index contributed by atoms with van der Waals surface area (Å²) in [5.74, 6) is 1.54. The highest BCUT2D eigenvalue weighted by atomic mass is 79.9. The molecule has 1 heterocycles. The van der Waals surface area contributed by atoms with Gasteiger partial charge in [0.05, 0.1) is 5.92 Å². The molecule has 3 heteroatoms. The normalized spacial score (nSPS) is 31.0. The molecule has 0 spiro atoms. The molecule has 3 rings (SSSR count). The Morgan fingerprint density at radius 2 is 2.17 bits per heavy atom. The first-order valence-electron chi connectivity index (χ1n) is 6.75. The fraction of sp³-hybridized carbons (Fsp3) is 0.533. The van der Waals surface area contributed by atoms with Gasteiger partial charge in [0.25, 0.3) is 0 Å². The smallest absolute Gasteiger partial charge is 0.232 e. The van der Waals surface area contributed by atoms with Crippen LogP contribution >= 0.6 is 15.9 Å². The molecule has 1 aliphatic heterocycles. The fourth-order valence-corrected chi connectivity index (χ4v) is 3.89.